The Labute approximate surface area is 105 Å². The van der Waals surface area contributed by atoms with Gasteiger partial charge in [-0.15, -0.1) is 23.1 Å². The van der Waals surface area contributed by atoms with Crippen molar-refractivity contribution in [3.8, 4) is 0 Å². The van der Waals surface area contributed by atoms with Crippen LogP contribution in [0.4, 0.5) is 5.13 Å². The maximum absolute atomic E-state index is 5.56. The Morgan fingerprint density at radius 2 is 2.33 bits per heavy atom. The zero-order chi connectivity index (χ0) is 10.7. The minimum Gasteiger partial charge on any atom is -0.375 e. The summed E-state index contributed by atoms with van der Waals surface area (Å²) in [7, 11) is 0. The first-order valence-corrected chi connectivity index (χ1v) is 6.92. The van der Waals surface area contributed by atoms with Crippen molar-refractivity contribution in [2.75, 3.05) is 5.73 Å². The molecule has 0 atom stereocenters. The first kappa shape index (κ1) is 11.0. The van der Waals surface area contributed by atoms with Crippen LogP contribution >= 0.6 is 39.0 Å². The van der Waals surface area contributed by atoms with Gasteiger partial charge in [-0.05, 0) is 18.2 Å². The van der Waals surface area contributed by atoms with Gasteiger partial charge in [-0.2, -0.15) is 0 Å². The number of benzene rings is 1. The van der Waals surface area contributed by atoms with Crippen LogP contribution in [0.1, 0.15) is 4.88 Å². The van der Waals surface area contributed by atoms with Crippen molar-refractivity contribution in [2.24, 2.45) is 0 Å². The molecular weight excluding hydrogens is 292 g/mol. The molecule has 15 heavy (non-hydrogen) atoms. The Hall–Kier alpha value is -0.520. The van der Waals surface area contributed by atoms with Gasteiger partial charge in [-0.25, -0.2) is 4.98 Å². The molecule has 1 aromatic carbocycles. The smallest absolute Gasteiger partial charge is 0.180 e. The highest BCUT2D eigenvalue weighted by atomic mass is 79.9. The maximum atomic E-state index is 5.56. The summed E-state index contributed by atoms with van der Waals surface area (Å²) in [6, 6.07) is 8.26. The van der Waals surface area contributed by atoms with Gasteiger partial charge >= 0.3 is 0 Å². The lowest BCUT2D eigenvalue weighted by molar-refractivity contribution is 1.36. The second kappa shape index (κ2) is 5.01. The molecule has 2 aromatic rings. The van der Waals surface area contributed by atoms with Gasteiger partial charge in [0.15, 0.2) is 5.13 Å². The van der Waals surface area contributed by atoms with Crippen LogP contribution in [-0.2, 0) is 5.75 Å². The fourth-order valence-electron chi connectivity index (χ4n) is 1.10. The van der Waals surface area contributed by atoms with Crippen molar-refractivity contribution >= 4 is 44.2 Å². The van der Waals surface area contributed by atoms with Gasteiger partial charge in [0, 0.05) is 26.2 Å². The molecule has 2 N–H and O–H groups in total. The van der Waals surface area contributed by atoms with Gasteiger partial charge in [0.25, 0.3) is 0 Å². The van der Waals surface area contributed by atoms with Gasteiger partial charge in [0.2, 0.25) is 0 Å². The van der Waals surface area contributed by atoms with Crippen molar-refractivity contribution in [1.82, 2.24) is 4.98 Å². The molecular formula is C10H9BrN2S2. The van der Waals surface area contributed by atoms with Crippen LogP contribution in [-0.4, -0.2) is 4.98 Å². The van der Waals surface area contributed by atoms with E-state index < -0.39 is 0 Å². The normalized spacial score (nSPS) is 10.5. The Balaban J connectivity index is 1.99. The molecule has 2 nitrogen and oxygen atoms in total. The monoisotopic (exact) mass is 300 g/mol. The summed E-state index contributed by atoms with van der Waals surface area (Å²) in [5.41, 5.74) is 5.56. The Bertz CT molecular complexity index is 456. The predicted octanol–water partition coefficient (Wildman–Crippen LogP) is 3.78. The largest absolute Gasteiger partial charge is 0.375 e. The first-order chi connectivity index (χ1) is 7.24. The molecule has 1 heterocycles. The molecule has 0 aliphatic heterocycles. The number of thiazole rings is 1. The number of halogens is 1. The lowest BCUT2D eigenvalue weighted by Gasteiger charge is -1.99. The fourth-order valence-corrected chi connectivity index (χ4v) is 3.31. The van der Waals surface area contributed by atoms with Crippen molar-refractivity contribution in [3.05, 3.63) is 39.8 Å². The number of aromatic nitrogens is 1. The zero-order valence-electron chi connectivity index (χ0n) is 7.81. The second-order valence-electron chi connectivity index (χ2n) is 2.91. The summed E-state index contributed by atoms with van der Waals surface area (Å²) < 4.78 is 1.11. The maximum Gasteiger partial charge on any atom is 0.180 e. The van der Waals surface area contributed by atoms with E-state index in [-0.39, 0.29) is 0 Å². The molecule has 0 aliphatic carbocycles. The average Bonchev–Trinajstić information content (AvgIpc) is 2.62. The highest BCUT2D eigenvalue weighted by Crippen LogP contribution is 2.27. The molecule has 0 aliphatic rings. The van der Waals surface area contributed by atoms with Crippen LogP contribution in [0.2, 0.25) is 0 Å². The summed E-state index contributed by atoms with van der Waals surface area (Å²) >= 11 is 6.78. The number of nitrogens with zero attached hydrogens (tertiary/aromatic N) is 1. The van der Waals surface area contributed by atoms with E-state index in [9.17, 15) is 0 Å². The minimum absolute atomic E-state index is 0.639. The standard InChI is InChI=1S/C10H9BrN2S2/c11-7-2-1-3-8(4-7)14-6-9-5-13-10(12)15-9/h1-5H,6H2,(H2,12,13). The molecule has 0 saturated heterocycles. The molecule has 0 bridgehead atoms. The molecule has 0 radical (unpaired) electrons. The quantitative estimate of drug-likeness (QED) is 0.877. The highest BCUT2D eigenvalue weighted by Gasteiger charge is 2.00. The van der Waals surface area contributed by atoms with Crippen LogP contribution in [0.25, 0.3) is 0 Å². The molecule has 1 aromatic heterocycles. The van der Waals surface area contributed by atoms with Gasteiger partial charge in [0.05, 0.1) is 0 Å². The van der Waals surface area contributed by atoms with E-state index in [4.69, 9.17) is 5.73 Å². The summed E-state index contributed by atoms with van der Waals surface area (Å²) in [6.45, 7) is 0. The SMILES string of the molecule is Nc1ncc(CSc2cccc(Br)c2)s1. The number of nitrogen functional groups attached to an aromatic ring is 1. The summed E-state index contributed by atoms with van der Waals surface area (Å²) in [4.78, 5) is 6.47. The first-order valence-electron chi connectivity index (χ1n) is 4.32. The number of anilines is 1. The van der Waals surface area contributed by atoms with Gasteiger partial charge in [0.1, 0.15) is 0 Å². The van der Waals surface area contributed by atoms with Crippen LogP contribution in [0.15, 0.2) is 39.8 Å². The number of hydrogen-bond donors (Lipinski definition) is 1. The second-order valence-corrected chi connectivity index (χ2v) is 6.02. The van der Waals surface area contributed by atoms with Gasteiger partial charge in [-0.1, -0.05) is 22.0 Å². The van der Waals surface area contributed by atoms with Crippen molar-refractivity contribution < 1.29 is 0 Å². The highest BCUT2D eigenvalue weighted by molar-refractivity contribution is 9.10. The molecule has 2 rings (SSSR count). The Morgan fingerprint density at radius 1 is 1.47 bits per heavy atom. The van der Waals surface area contributed by atoms with E-state index in [1.54, 1.807) is 23.1 Å². The van der Waals surface area contributed by atoms with E-state index >= 15 is 0 Å². The summed E-state index contributed by atoms with van der Waals surface area (Å²) in [6.07, 6.45) is 1.84. The zero-order valence-corrected chi connectivity index (χ0v) is 11.0. The minimum atomic E-state index is 0.639. The number of rotatable bonds is 3. The predicted molar refractivity (Wildman–Crippen MR) is 70.2 cm³/mol. The van der Waals surface area contributed by atoms with Crippen molar-refractivity contribution in [1.29, 1.82) is 0 Å². The van der Waals surface area contributed by atoms with Gasteiger partial charge in [-0.3, -0.25) is 0 Å². The number of hydrogen-bond acceptors (Lipinski definition) is 4. The lowest BCUT2D eigenvalue weighted by Crippen LogP contribution is -1.77. The van der Waals surface area contributed by atoms with Crippen LogP contribution in [0.5, 0.6) is 0 Å². The van der Waals surface area contributed by atoms with Crippen LogP contribution in [0, 0.1) is 0 Å². The number of nitrogens with two attached hydrogens (primary N) is 1. The summed E-state index contributed by atoms with van der Waals surface area (Å²) in [5.74, 6) is 0.922. The molecule has 0 unspecified atom stereocenters. The van der Waals surface area contributed by atoms with Crippen LogP contribution in [0.3, 0.4) is 0 Å². The Kier molecular flexibility index (Phi) is 3.66. The Morgan fingerprint density at radius 3 is 3.00 bits per heavy atom. The van der Waals surface area contributed by atoms with E-state index in [0.717, 1.165) is 10.2 Å². The van der Waals surface area contributed by atoms with Crippen LogP contribution < -0.4 is 5.73 Å². The molecule has 0 fully saturated rings. The number of thioether (sulfide) groups is 1. The third-order valence-electron chi connectivity index (χ3n) is 1.75. The van der Waals surface area contributed by atoms with E-state index in [0.29, 0.717) is 5.13 Å². The van der Waals surface area contributed by atoms with E-state index in [1.807, 2.05) is 18.3 Å². The van der Waals surface area contributed by atoms with Crippen molar-refractivity contribution in [3.63, 3.8) is 0 Å². The molecule has 78 valence electrons. The average molecular weight is 301 g/mol. The molecule has 0 spiro atoms. The third kappa shape index (κ3) is 3.22. The lowest BCUT2D eigenvalue weighted by atomic mass is 10.4. The fraction of sp³-hybridized carbons (Fsp3) is 0.100. The van der Waals surface area contributed by atoms with E-state index in [1.165, 1.54) is 9.77 Å². The third-order valence-corrected chi connectivity index (χ3v) is 4.29. The van der Waals surface area contributed by atoms with Gasteiger partial charge < -0.3 is 5.73 Å². The van der Waals surface area contributed by atoms with Crippen molar-refractivity contribution in [2.45, 2.75) is 10.6 Å². The van der Waals surface area contributed by atoms with E-state index in [2.05, 4.69) is 33.0 Å². The molecule has 0 amide bonds. The molecule has 5 heteroatoms. The molecule has 0 saturated carbocycles. The summed E-state index contributed by atoms with van der Waals surface area (Å²) in [5, 5.41) is 0.639. The topological polar surface area (TPSA) is 38.9 Å².